The van der Waals surface area contributed by atoms with E-state index in [1.807, 2.05) is 13.1 Å². The molecule has 0 fully saturated rings. The molecule has 0 bridgehead atoms. The Morgan fingerprint density at radius 2 is 1.95 bits per heavy atom. The van der Waals surface area contributed by atoms with E-state index in [0.29, 0.717) is 13.1 Å². The number of allylic oxidation sites excluding steroid dienone is 1. The topological polar surface area (TPSA) is 73.8 Å². The first-order valence-electron chi connectivity index (χ1n) is 7.96. The molecule has 22 heavy (non-hydrogen) atoms. The van der Waals surface area contributed by atoms with Crippen molar-refractivity contribution >= 4 is 16.0 Å². The first-order chi connectivity index (χ1) is 10.5. The van der Waals surface area contributed by atoms with Crippen LogP contribution in [0.15, 0.2) is 17.6 Å². The van der Waals surface area contributed by atoms with Crippen molar-refractivity contribution in [3.63, 3.8) is 0 Å². The molecule has 6 nitrogen and oxygen atoms in total. The third-order valence-electron chi connectivity index (χ3n) is 3.31. The van der Waals surface area contributed by atoms with E-state index in [-0.39, 0.29) is 5.75 Å². The Balaban J connectivity index is 3.84. The van der Waals surface area contributed by atoms with E-state index < -0.39 is 10.0 Å². The second kappa shape index (κ2) is 12.5. The third kappa shape index (κ3) is 10.6. The average molecular weight is 333 g/mol. The summed E-state index contributed by atoms with van der Waals surface area (Å²) in [6.07, 6.45) is 7.25. The molecular weight excluding hydrogens is 300 g/mol. The number of hydrogen-bond donors (Lipinski definition) is 2. The molecule has 0 saturated heterocycles. The molecular formula is C15H32N4O2S. The second-order valence-electron chi connectivity index (χ2n) is 5.18. The van der Waals surface area contributed by atoms with Gasteiger partial charge in [0.15, 0.2) is 5.96 Å². The quantitative estimate of drug-likeness (QED) is 0.246. The molecule has 0 spiro atoms. The number of aliphatic imine (C=N–C) groups is 1. The van der Waals surface area contributed by atoms with Crippen LogP contribution in [-0.4, -0.2) is 58.8 Å². The number of sulfonamides is 1. The Bertz CT molecular complexity index is 421. The lowest BCUT2D eigenvalue weighted by Crippen LogP contribution is -2.40. The highest BCUT2D eigenvalue weighted by molar-refractivity contribution is 7.89. The van der Waals surface area contributed by atoms with Gasteiger partial charge in [-0.05, 0) is 32.6 Å². The maximum Gasteiger partial charge on any atom is 0.211 e. The molecule has 0 aliphatic carbocycles. The minimum atomic E-state index is -3.09. The Morgan fingerprint density at radius 3 is 2.55 bits per heavy atom. The van der Waals surface area contributed by atoms with Crippen molar-refractivity contribution in [2.75, 3.05) is 39.5 Å². The van der Waals surface area contributed by atoms with Gasteiger partial charge >= 0.3 is 0 Å². The molecule has 0 aromatic rings. The van der Waals surface area contributed by atoms with Crippen LogP contribution in [0.4, 0.5) is 0 Å². The molecule has 0 aliphatic heterocycles. The van der Waals surface area contributed by atoms with Crippen LogP contribution in [0.5, 0.6) is 0 Å². The zero-order chi connectivity index (χ0) is 16.8. The van der Waals surface area contributed by atoms with Gasteiger partial charge in [-0.15, -0.1) is 6.58 Å². The molecule has 0 aromatic heterocycles. The minimum absolute atomic E-state index is 0.122. The number of rotatable bonds is 12. The predicted octanol–water partition coefficient (Wildman–Crippen LogP) is 1.57. The van der Waals surface area contributed by atoms with Crippen LogP contribution in [0.1, 0.15) is 39.0 Å². The van der Waals surface area contributed by atoms with Crippen LogP contribution in [0, 0.1) is 0 Å². The molecule has 0 unspecified atom stereocenters. The molecule has 0 atom stereocenters. The van der Waals surface area contributed by atoms with E-state index in [9.17, 15) is 8.42 Å². The molecule has 7 heteroatoms. The highest BCUT2D eigenvalue weighted by Gasteiger charge is 2.06. The number of nitrogens with one attached hydrogen (secondary N) is 2. The predicted molar refractivity (Wildman–Crippen MR) is 94.7 cm³/mol. The summed E-state index contributed by atoms with van der Waals surface area (Å²) in [5.74, 6) is 0.971. The summed E-state index contributed by atoms with van der Waals surface area (Å²) in [6.45, 7) is 7.45. The van der Waals surface area contributed by atoms with E-state index in [0.717, 1.165) is 31.8 Å². The van der Waals surface area contributed by atoms with Gasteiger partial charge in [0.2, 0.25) is 10.0 Å². The van der Waals surface area contributed by atoms with Crippen LogP contribution in [0.25, 0.3) is 0 Å². The van der Waals surface area contributed by atoms with E-state index in [1.54, 1.807) is 14.0 Å². The largest absolute Gasteiger partial charge is 0.356 e. The van der Waals surface area contributed by atoms with Crippen molar-refractivity contribution in [1.29, 1.82) is 0 Å². The lowest BCUT2D eigenvalue weighted by molar-refractivity contribution is 0.454. The van der Waals surface area contributed by atoms with Crippen molar-refractivity contribution in [3.05, 3.63) is 12.7 Å². The maximum absolute atomic E-state index is 11.3. The summed E-state index contributed by atoms with van der Waals surface area (Å²) in [4.78, 5) is 6.34. The van der Waals surface area contributed by atoms with Crippen molar-refractivity contribution < 1.29 is 8.42 Å². The smallest absolute Gasteiger partial charge is 0.211 e. The standard InChI is InChI=1S/C15H32N4O2S/c1-5-7-8-9-10-14-19(4)15(16-3)17-12-11-13-18-22(20,21)6-2/h5,18H,1,6-14H2,2-4H3,(H,16,17). The number of hydrogen-bond acceptors (Lipinski definition) is 3. The Morgan fingerprint density at radius 1 is 1.23 bits per heavy atom. The van der Waals surface area contributed by atoms with Gasteiger partial charge in [0.05, 0.1) is 5.75 Å². The Kier molecular flexibility index (Phi) is 11.9. The molecule has 0 heterocycles. The van der Waals surface area contributed by atoms with Gasteiger partial charge in [-0.3, -0.25) is 4.99 Å². The van der Waals surface area contributed by atoms with Crippen molar-refractivity contribution in [1.82, 2.24) is 14.9 Å². The van der Waals surface area contributed by atoms with Gasteiger partial charge in [0, 0.05) is 33.7 Å². The first kappa shape index (κ1) is 20.9. The van der Waals surface area contributed by atoms with Crippen LogP contribution in [0.3, 0.4) is 0 Å². The highest BCUT2D eigenvalue weighted by Crippen LogP contribution is 2.01. The third-order valence-corrected chi connectivity index (χ3v) is 4.72. The van der Waals surface area contributed by atoms with Gasteiger partial charge in [0.1, 0.15) is 0 Å². The molecule has 0 amide bonds. The summed E-state index contributed by atoms with van der Waals surface area (Å²) in [7, 11) is 0.689. The van der Waals surface area contributed by atoms with Crippen molar-refractivity contribution in [2.24, 2.45) is 4.99 Å². The molecule has 0 aromatic carbocycles. The van der Waals surface area contributed by atoms with Gasteiger partial charge in [-0.2, -0.15) is 0 Å². The minimum Gasteiger partial charge on any atom is -0.356 e. The normalized spacial score (nSPS) is 12.2. The molecule has 2 N–H and O–H groups in total. The summed E-state index contributed by atoms with van der Waals surface area (Å²) in [6, 6.07) is 0. The summed E-state index contributed by atoms with van der Waals surface area (Å²) in [5.41, 5.74) is 0. The van der Waals surface area contributed by atoms with E-state index >= 15 is 0 Å². The highest BCUT2D eigenvalue weighted by atomic mass is 32.2. The van der Waals surface area contributed by atoms with Crippen molar-refractivity contribution in [2.45, 2.75) is 39.0 Å². The number of nitrogens with zero attached hydrogens (tertiary/aromatic N) is 2. The molecule has 130 valence electrons. The Labute approximate surface area is 136 Å². The summed E-state index contributed by atoms with van der Waals surface area (Å²) < 4.78 is 25.1. The maximum atomic E-state index is 11.3. The zero-order valence-corrected chi connectivity index (χ0v) is 15.1. The zero-order valence-electron chi connectivity index (χ0n) is 14.3. The fraction of sp³-hybridized carbons (Fsp3) is 0.800. The average Bonchev–Trinajstić information content (AvgIpc) is 2.50. The van der Waals surface area contributed by atoms with Gasteiger partial charge in [0.25, 0.3) is 0 Å². The summed E-state index contributed by atoms with van der Waals surface area (Å²) in [5, 5.41) is 3.25. The van der Waals surface area contributed by atoms with Crippen LogP contribution in [-0.2, 0) is 10.0 Å². The monoisotopic (exact) mass is 332 g/mol. The molecule has 0 aliphatic rings. The fourth-order valence-electron chi connectivity index (χ4n) is 1.92. The van der Waals surface area contributed by atoms with E-state index in [1.165, 1.54) is 12.8 Å². The SMILES string of the molecule is C=CCCCCCN(C)C(=NC)NCCCNS(=O)(=O)CC. The second-order valence-corrected chi connectivity index (χ2v) is 7.28. The lowest BCUT2D eigenvalue weighted by atomic mass is 10.2. The molecule has 0 rings (SSSR count). The van der Waals surface area contributed by atoms with E-state index in [2.05, 4.69) is 26.5 Å². The van der Waals surface area contributed by atoms with Gasteiger partial charge < -0.3 is 10.2 Å². The van der Waals surface area contributed by atoms with E-state index in [4.69, 9.17) is 0 Å². The number of guanidine groups is 1. The van der Waals surface area contributed by atoms with Crippen LogP contribution in [0.2, 0.25) is 0 Å². The fourth-order valence-corrected chi connectivity index (χ4v) is 2.58. The Hall–Kier alpha value is -1.08. The van der Waals surface area contributed by atoms with Gasteiger partial charge in [-0.25, -0.2) is 13.1 Å². The molecule has 0 saturated carbocycles. The van der Waals surface area contributed by atoms with Gasteiger partial charge in [-0.1, -0.05) is 12.5 Å². The number of unbranched alkanes of at least 4 members (excludes halogenated alkanes) is 3. The summed E-state index contributed by atoms with van der Waals surface area (Å²) >= 11 is 0. The van der Waals surface area contributed by atoms with Crippen LogP contribution < -0.4 is 10.0 Å². The first-order valence-corrected chi connectivity index (χ1v) is 9.62. The lowest BCUT2D eigenvalue weighted by Gasteiger charge is -2.22. The van der Waals surface area contributed by atoms with Crippen molar-refractivity contribution in [3.8, 4) is 0 Å². The molecule has 0 radical (unpaired) electrons. The van der Waals surface area contributed by atoms with Crippen LogP contribution >= 0.6 is 0 Å².